The first-order chi connectivity index (χ1) is 11.8. The van der Waals surface area contributed by atoms with Crippen LogP contribution < -0.4 is 10.5 Å². The molecular weight excluding hydrogens is 341 g/mol. The first-order valence-electron chi connectivity index (χ1n) is 9.03. The van der Waals surface area contributed by atoms with Crippen LogP contribution in [0.15, 0.2) is 24.3 Å². The highest BCUT2D eigenvalue weighted by molar-refractivity contribution is 7.52. The molecule has 0 saturated carbocycles. The third-order valence-corrected chi connectivity index (χ3v) is 5.13. The predicted molar refractivity (Wildman–Crippen MR) is 99.7 cm³/mol. The van der Waals surface area contributed by atoms with Crippen LogP contribution in [0.2, 0.25) is 0 Å². The van der Waals surface area contributed by atoms with Crippen LogP contribution in [0.1, 0.15) is 57.4 Å². The van der Waals surface area contributed by atoms with Gasteiger partial charge in [0.05, 0.1) is 6.61 Å². The van der Waals surface area contributed by atoms with E-state index in [2.05, 4.69) is 6.92 Å². The van der Waals surface area contributed by atoms with Gasteiger partial charge in [0.1, 0.15) is 5.75 Å². The maximum absolute atomic E-state index is 10.9. The molecule has 0 bridgehead atoms. The molecule has 0 aliphatic carbocycles. The first kappa shape index (κ1) is 22.1. The minimum absolute atomic E-state index is 0.108. The van der Waals surface area contributed by atoms with Crippen molar-refractivity contribution in [2.45, 2.75) is 70.2 Å². The van der Waals surface area contributed by atoms with E-state index in [4.69, 9.17) is 20.3 Å². The molecule has 0 amide bonds. The zero-order valence-electron chi connectivity index (χ0n) is 15.0. The van der Waals surface area contributed by atoms with Gasteiger partial charge in [-0.1, -0.05) is 44.7 Å². The lowest BCUT2D eigenvalue weighted by Crippen LogP contribution is -2.26. The smallest absolute Gasteiger partial charge is 0.353 e. The van der Waals surface area contributed by atoms with Crippen LogP contribution in [-0.2, 0) is 11.0 Å². The number of nitrogens with two attached hydrogens (primary N) is 1. The summed E-state index contributed by atoms with van der Waals surface area (Å²) >= 11 is 0. The summed E-state index contributed by atoms with van der Waals surface area (Å²) in [5.41, 5.74) is 6.92. The Morgan fingerprint density at radius 3 is 2.36 bits per heavy atom. The van der Waals surface area contributed by atoms with Crippen molar-refractivity contribution in [3.63, 3.8) is 0 Å². The topological polar surface area (TPSA) is 113 Å². The number of hydrogen-bond acceptors (Lipinski definition) is 4. The molecule has 1 unspecified atom stereocenters. The van der Waals surface area contributed by atoms with Gasteiger partial charge in [-0.05, 0) is 37.0 Å². The summed E-state index contributed by atoms with van der Waals surface area (Å²) in [6, 6.07) is 7.34. The van der Waals surface area contributed by atoms with Crippen LogP contribution in [0.5, 0.6) is 5.75 Å². The molecule has 0 fully saturated rings. The van der Waals surface area contributed by atoms with E-state index in [1.807, 2.05) is 24.3 Å². The van der Waals surface area contributed by atoms with Crippen molar-refractivity contribution in [3.05, 3.63) is 29.8 Å². The zero-order valence-corrected chi connectivity index (χ0v) is 15.9. The summed E-state index contributed by atoms with van der Waals surface area (Å²) in [6.07, 6.45) is 7.18. The summed E-state index contributed by atoms with van der Waals surface area (Å²) < 4.78 is 16.6. The number of hydrogen-bond donors (Lipinski definition) is 4. The largest absolute Gasteiger partial charge is 0.494 e. The molecule has 0 saturated heterocycles. The van der Waals surface area contributed by atoms with Crippen LogP contribution >= 0.6 is 7.60 Å². The molecule has 0 aromatic heterocycles. The number of unbranched alkanes of at least 4 members (excludes halogenated alkanes) is 4. The number of benzene rings is 1. The molecular formula is C18H32NO5P. The maximum atomic E-state index is 10.9. The van der Waals surface area contributed by atoms with E-state index in [0.717, 1.165) is 24.3 Å². The summed E-state index contributed by atoms with van der Waals surface area (Å²) in [6.45, 7) is 2.93. The summed E-state index contributed by atoms with van der Waals surface area (Å²) in [5.74, 6) is -0.837. The Hall–Kier alpha value is -0.910. The normalized spacial score (nSPS) is 14.3. The van der Waals surface area contributed by atoms with Gasteiger partial charge in [0.2, 0.25) is 0 Å². The molecule has 1 aromatic rings. The van der Waals surface area contributed by atoms with Gasteiger partial charge in [-0.3, -0.25) is 4.57 Å². The standard InChI is InChI=1S/C18H32NO5P/c1-2-3-4-5-6-13-24-17-11-8-15(9-12-17)7-10-16(19)14-18(20)25(21,22)23/h8-9,11-12,16,18,20H,2-7,10,13-14,19H2,1H3,(H2,21,22,23)/t16-,18?/m1/s1. The van der Waals surface area contributed by atoms with Gasteiger partial charge in [0.25, 0.3) is 0 Å². The zero-order chi connectivity index (χ0) is 18.7. The molecule has 6 nitrogen and oxygen atoms in total. The van der Waals surface area contributed by atoms with Crippen LogP contribution in [-0.4, -0.2) is 33.4 Å². The third-order valence-electron chi connectivity index (χ3n) is 4.15. The first-order valence-corrected chi connectivity index (χ1v) is 10.7. The fourth-order valence-corrected chi connectivity index (χ4v) is 3.07. The monoisotopic (exact) mass is 373 g/mol. The SMILES string of the molecule is CCCCCCCOc1ccc(CC[C@@H](N)CC(O)P(=O)(O)O)cc1. The van der Waals surface area contributed by atoms with Crippen LogP contribution in [0.25, 0.3) is 0 Å². The Morgan fingerprint density at radius 1 is 1.12 bits per heavy atom. The summed E-state index contributed by atoms with van der Waals surface area (Å²) in [7, 11) is -4.47. The molecule has 0 spiro atoms. The Balaban J connectivity index is 2.26. The van der Waals surface area contributed by atoms with E-state index < -0.39 is 19.5 Å². The van der Waals surface area contributed by atoms with Crippen molar-refractivity contribution in [3.8, 4) is 5.75 Å². The Morgan fingerprint density at radius 2 is 1.76 bits per heavy atom. The van der Waals surface area contributed by atoms with Crippen molar-refractivity contribution < 1.29 is 24.2 Å². The molecule has 2 atom stereocenters. The maximum Gasteiger partial charge on any atom is 0.353 e. The van der Waals surface area contributed by atoms with Crippen LogP contribution in [0.3, 0.4) is 0 Å². The van der Waals surface area contributed by atoms with Gasteiger partial charge in [0, 0.05) is 12.5 Å². The molecule has 7 heteroatoms. The second-order valence-electron chi connectivity index (χ2n) is 6.51. The van der Waals surface area contributed by atoms with Crippen molar-refractivity contribution in [1.29, 1.82) is 0 Å². The molecule has 1 aromatic carbocycles. The number of aliphatic hydroxyl groups is 1. The van der Waals surface area contributed by atoms with Crippen LogP contribution in [0, 0.1) is 0 Å². The molecule has 0 aliphatic rings. The fourth-order valence-electron chi connectivity index (χ4n) is 2.53. The van der Waals surface area contributed by atoms with E-state index in [1.54, 1.807) is 0 Å². The molecule has 25 heavy (non-hydrogen) atoms. The highest BCUT2D eigenvalue weighted by Gasteiger charge is 2.27. The minimum atomic E-state index is -4.47. The Bertz CT molecular complexity index is 517. The molecule has 144 valence electrons. The van der Waals surface area contributed by atoms with E-state index in [0.29, 0.717) is 12.8 Å². The molecule has 0 radical (unpaired) electrons. The van der Waals surface area contributed by atoms with E-state index in [1.165, 1.54) is 25.7 Å². The van der Waals surface area contributed by atoms with E-state index >= 15 is 0 Å². The third kappa shape index (κ3) is 9.97. The summed E-state index contributed by atoms with van der Waals surface area (Å²) in [4.78, 5) is 17.7. The summed E-state index contributed by atoms with van der Waals surface area (Å²) in [5, 5.41) is 9.38. The Kier molecular flexibility index (Phi) is 10.3. The van der Waals surface area contributed by atoms with Crippen molar-refractivity contribution in [2.24, 2.45) is 5.73 Å². The average molecular weight is 373 g/mol. The molecule has 0 heterocycles. The molecule has 5 N–H and O–H groups in total. The lowest BCUT2D eigenvalue weighted by molar-refractivity contribution is 0.184. The second-order valence-corrected chi connectivity index (χ2v) is 8.29. The van der Waals surface area contributed by atoms with Gasteiger partial charge in [0.15, 0.2) is 5.85 Å². The van der Waals surface area contributed by atoms with Gasteiger partial charge in [-0.15, -0.1) is 0 Å². The lowest BCUT2D eigenvalue weighted by Gasteiger charge is -2.17. The van der Waals surface area contributed by atoms with E-state index in [9.17, 15) is 9.67 Å². The van der Waals surface area contributed by atoms with Crippen molar-refractivity contribution in [1.82, 2.24) is 0 Å². The average Bonchev–Trinajstić information content (AvgIpc) is 2.56. The fraction of sp³-hybridized carbons (Fsp3) is 0.667. The van der Waals surface area contributed by atoms with Crippen LogP contribution in [0.4, 0.5) is 0 Å². The van der Waals surface area contributed by atoms with Gasteiger partial charge in [-0.25, -0.2) is 0 Å². The van der Waals surface area contributed by atoms with Gasteiger partial charge >= 0.3 is 7.60 Å². The van der Waals surface area contributed by atoms with Crippen molar-refractivity contribution >= 4 is 7.60 Å². The lowest BCUT2D eigenvalue weighted by atomic mass is 10.0. The highest BCUT2D eigenvalue weighted by Crippen LogP contribution is 2.41. The molecule has 0 aliphatic heterocycles. The van der Waals surface area contributed by atoms with Gasteiger partial charge < -0.3 is 25.4 Å². The number of aliphatic hydroxyl groups excluding tert-OH is 1. The highest BCUT2D eigenvalue weighted by atomic mass is 31.2. The minimum Gasteiger partial charge on any atom is -0.494 e. The quantitative estimate of drug-likeness (QED) is 0.312. The number of aryl methyl sites for hydroxylation is 1. The number of rotatable bonds is 13. The predicted octanol–water partition coefficient (Wildman–Crippen LogP) is 3.18. The van der Waals surface area contributed by atoms with E-state index in [-0.39, 0.29) is 6.42 Å². The Labute approximate surface area is 150 Å². The van der Waals surface area contributed by atoms with Crippen molar-refractivity contribution in [2.75, 3.05) is 6.61 Å². The second kappa shape index (κ2) is 11.7. The molecule has 1 rings (SSSR count). The number of ether oxygens (including phenoxy) is 1. The van der Waals surface area contributed by atoms with Gasteiger partial charge in [-0.2, -0.15) is 0 Å².